The molecule has 0 atom stereocenters. The number of hydrogen-bond acceptors (Lipinski definition) is 3. The van der Waals surface area contributed by atoms with Crippen molar-refractivity contribution in [2.75, 3.05) is 24.7 Å². The number of nitrogens with zero attached hydrogens (tertiary/aromatic N) is 1. The number of hydrogen-bond donors (Lipinski definition) is 1. The van der Waals surface area contributed by atoms with Gasteiger partial charge in [-0.2, -0.15) is 13.2 Å². The number of carbonyl (C=O) groups excluding carboxylic acids is 2. The standard InChI is InChI=1S/C18H23F3N2O2S/c1-23(17(25)12-26-13-7-3-2-4-8-13)11-16(24)22-15-10-6-5-9-14(15)18(19,20)21/h5-6,9-10,13H,2-4,7-8,11-12H2,1H3,(H,22,24). The lowest BCUT2D eigenvalue weighted by atomic mass is 10.0. The third-order valence-electron chi connectivity index (χ3n) is 4.31. The van der Waals surface area contributed by atoms with Crippen molar-refractivity contribution in [1.82, 2.24) is 4.90 Å². The van der Waals surface area contributed by atoms with Gasteiger partial charge in [-0.25, -0.2) is 0 Å². The molecule has 0 heterocycles. The van der Waals surface area contributed by atoms with Crippen LogP contribution in [-0.2, 0) is 15.8 Å². The van der Waals surface area contributed by atoms with E-state index in [1.807, 2.05) is 0 Å². The number of halogens is 3. The number of anilines is 1. The summed E-state index contributed by atoms with van der Waals surface area (Å²) in [5, 5.41) is 2.73. The Labute approximate surface area is 155 Å². The molecule has 2 rings (SSSR count). The zero-order chi connectivity index (χ0) is 19.2. The first-order valence-electron chi connectivity index (χ1n) is 8.59. The van der Waals surface area contributed by atoms with Crippen molar-refractivity contribution in [3.63, 3.8) is 0 Å². The number of carbonyl (C=O) groups is 2. The molecule has 4 nitrogen and oxygen atoms in total. The molecular formula is C18H23F3N2O2S. The summed E-state index contributed by atoms with van der Waals surface area (Å²) >= 11 is 1.60. The van der Waals surface area contributed by atoms with Crippen LogP contribution in [0, 0.1) is 0 Å². The van der Waals surface area contributed by atoms with Crippen molar-refractivity contribution < 1.29 is 22.8 Å². The summed E-state index contributed by atoms with van der Waals surface area (Å²) in [6.45, 7) is -0.281. The molecule has 1 saturated carbocycles. The second kappa shape index (κ2) is 9.30. The molecule has 1 fully saturated rings. The van der Waals surface area contributed by atoms with Crippen LogP contribution in [0.3, 0.4) is 0 Å². The molecule has 0 unspecified atom stereocenters. The monoisotopic (exact) mass is 388 g/mol. The molecular weight excluding hydrogens is 365 g/mol. The maximum absolute atomic E-state index is 12.9. The maximum atomic E-state index is 12.9. The van der Waals surface area contributed by atoms with Gasteiger partial charge in [-0.1, -0.05) is 31.4 Å². The van der Waals surface area contributed by atoms with Gasteiger partial charge in [0.05, 0.1) is 23.5 Å². The molecule has 0 bridgehead atoms. The van der Waals surface area contributed by atoms with Crippen molar-refractivity contribution >= 4 is 29.3 Å². The summed E-state index contributed by atoms with van der Waals surface area (Å²) in [6.07, 6.45) is 1.27. The molecule has 0 saturated heterocycles. The van der Waals surface area contributed by atoms with Crippen LogP contribution in [0.5, 0.6) is 0 Å². The summed E-state index contributed by atoms with van der Waals surface area (Å²) < 4.78 is 38.8. The molecule has 0 spiro atoms. The van der Waals surface area contributed by atoms with Gasteiger partial charge >= 0.3 is 6.18 Å². The van der Waals surface area contributed by atoms with Gasteiger partial charge in [-0.15, -0.1) is 11.8 Å². The van der Waals surface area contributed by atoms with Crippen LogP contribution in [0.1, 0.15) is 37.7 Å². The van der Waals surface area contributed by atoms with Crippen LogP contribution in [0.4, 0.5) is 18.9 Å². The SMILES string of the molecule is CN(CC(=O)Nc1ccccc1C(F)(F)F)C(=O)CSC1CCCCC1. The molecule has 1 N–H and O–H groups in total. The van der Waals surface area contributed by atoms with E-state index in [-0.39, 0.29) is 23.9 Å². The summed E-state index contributed by atoms with van der Waals surface area (Å²) in [6, 6.07) is 4.78. The van der Waals surface area contributed by atoms with Crippen LogP contribution in [0.25, 0.3) is 0 Å². The van der Waals surface area contributed by atoms with Gasteiger partial charge in [0, 0.05) is 12.3 Å². The van der Waals surface area contributed by atoms with E-state index < -0.39 is 17.6 Å². The lowest BCUT2D eigenvalue weighted by Gasteiger charge is -2.22. The van der Waals surface area contributed by atoms with E-state index in [4.69, 9.17) is 0 Å². The summed E-state index contributed by atoms with van der Waals surface area (Å²) in [4.78, 5) is 25.4. The quantitative estimate of drug-likeness (QED) is 0.796. The minimum absolute atomic E-state index is 0.195. The van der Waals surface area contributed by atoms with Crippen LogP contribution in [0.15, 0.2) is 24.3 Å². The third kappa shape index (κ3) is 6.23. The average Bonchev–Trinajstić information content (AvgIpc) is 2.60. The van der Waals surface area contributed by atoms with Crippen LogP contribution < -0.4 is 5.32 Å². The Hall–Kier alpha value is -1.70. The Bertz CT molecular complexity index is 631. The second-order valence-corrected chi connectivity index (χ2v) is 7.70. The Morgan fingerprint density at radius 1 is 1.19 bits per heavy atom. The largest absolute Gasteiger partial charge is 0.418 e. The van der Waals surface area contributed by atoms with Crippen molar-refractivity contribution in [2.45, 2.75) is 43.5 Å². The van der Waals surface area contributed by atoms with E-state index in [0.717, 1.165) is 18.9 Å². The highest BCUT2D eigenvalue weighted by Gasteiger charge is 2.33. The smallest absolute Gasteiger partial charge is 0.336 e. The van der Waals surface area contributed by atoms with E-state index in [1.165, 1.54) is 49.4 Å². The fourth-order valence-corrected chi connectivity index (χ4v) is 4.13. The molecule has 1 aliphatic carbocycles. The van der Waals surface area contributed by atoms with E-state index in [1.54, 1.807) is 11.8 Å². The highest BCUT2D eigenvalue weighted by Crippen LogP contribution is 2.34. The number of para-hydroxylation sites is 1. The first-order chi connectivity index (χ1) is 12.3. The number of amides is 2. The van der Waals surface area contributed by atoms with E-state index in [2.05, 4.69) is 5.32 Å². The molecule has 144 valence electrons. The fraction of sp³-hybridized carbons (Fsp3) is 0.556. The summed E-state index contributed by atoms with van der Waals surface area (Å²) in [7, 11) is 1.49. The molecule has 1 aromatic carbocycles. The molecule has 1 aromatic rings. The molecule has 0 aliphatic heterocycles. The molecule has 26 heavy (non-hydrogen) atoms. The first-order valence-corrected chi connectivity index (χ1v) is 9.64. The van der Waals surface area contributed by atoms with Crippen LogP contribution in [-0.4, -0.2) is 41.3 Å². The van der Waals surface area contributed by atoms with Crippen LogP contribution >= 0.6 is 11.8 Å². The van der Waals surface area contributed by atoms with Crippen molar-refractivity contribution in [3.05, 3.63) is 29.8 Å². The van der Waals surface area contributed by atoms with Gasteiger partial charge in [0.15, 0.2) is 0 Å². The summed E-state index contributed by atoms with van der Waals surface area (Å²) in [5.41, 5.74) is -1.21. The van der Waals surface area contributed by atoms with Gasteiger partial charge in [0.1, 0.15) is 0 Å². The van der Waals surface area contributed by atoms with Gasteiger partial charge in [-0.05, 0) is 25.0 Å². The first kappa shape index (κ1) is 20.6. The van der Waals surface area contributed by atoms with Crippen molar-refractivity contribution in [3.8, 4) is 0 Å². The van der Waals surface area contributed by atoms with Gasteiger partial charge < -0.3 is 10.2 Å². The molecule has 0 aromatic heterocycles. The fourth-order valence-electron chi connectivity index (χ4n) is 2.86. The van der Waals surface area contributed by atoms with E-state index in [0.29, 0.717) is 5.25 Å². The van der Waals surface area contributed by atoms with Crippen molar-refractivity contribution in [2.24, 2.45) is 0 Å². The Balaban J connectivity index is 1.84. The Morgan fingerprint density at radius 3 is 2.50 bits per heavy atom. The van der Waals surface area contributed by atoms with E-state index >= 15 is 0 Å². The topological polar surface area (TPSA) is 49.4 Å². The molecule has 8 heteroatoms. The summed E-state index contributed by atoms with van der Waals surface area (Å²) in [5.74, 6) is -0.562. The zero-order valence-corrected chi connectivity index (χ0v) is 15.5. The van der Waals surface area contributed by atoms with Crippen LogP contribution in [0.2, 0.25) is 0 Å². The zero-order valence-electron chi connectivity index (χ0n) is 14.6. The molecule has 0 radical (unpaired) electrons. The highest BCUT2D eigenvalue weighted by molar-refractivity contribution is 8.00. The van der Waals surface area contributed by atoms with E-state index in [9.17, 15) is 22.8 Å². The number of likely N-dealkylation sites (N-methyl/N-ethyl adjacent to an activating group) is 1. The van der Waals surface area contributed by atoms with Gasteiger partial charge in [-0.3, -0.25) is 9.59 Å². The second-order valence-electron chi connectivity index (χ2n) is 6.41. The molecule has 1 aliphatic rings. The Morgan fingerprint density at radius 2 is 1.85 bits per heavy atom. The lowest BCUT2D eigenvalue weighted by molar-refractivity contribution is -0.137. The lowest BCUT2D eigenvalue weighted by Crippen LogP contribution is -2.36. The van der Waals surface area contributed by atoms with Gasteiger partial charge in [0.2, 0.25) is 11.8 Å². The third-order valence-corrected chi connectivity index (χ3v) is 5.66. The number of nitrogens with one attached hydrogen (secondary N) is 1. The number of benzene rings is 1. The predicted octanol–water partition coefficient (Wildman–Crippen LogP) is 4.17. The number of thioether (sulfide) groups is 1. The van der Waals surface area contributed by atoms with Crippen molar-refractivity contribution in [1.29, 1.82) is 0 Å². The van der Waals surface area contributed by atoms with Gasteiger partial charge in [0.25, 0.3) is 0 Å². The predicted molar refractivity (Wildman–Crippen MR) is 97.0 cm³/mol. The Kier molecular flexibility index (Phi) is 7.37. The maximum Gasteiger partial charge on any atom is 0.418 e. The highest BCUT2D eigenvalue weighted by atomic mass is 32.2. The minimum Gasteiger partial charge on any atom is -0.336 e. The normalized spacial score (nSPS) is 15.5. The number of rotatable bonds is 6. The average molecular weight is 388 g/mol. The number of alkyl halides is 3. The molecule has 2 amide bonds. The minimum atomic E-state index is -4.55.